The van der Waals surface area contributed by atoms with Gasteiger partial charge >= 0.3 is 0 Å². The number of carbonyl (C=O) groups excluding carboxylic acids is 2. The van der Waals surface area contributed by atoms with E-state index in [1.54, 1.807) is 25.3 Å². The number of para-hydroxylation sites is 1. The van der Waals surface area contributed by atoms with Crippen molar-refractivity contribution in [3.63, 3.8) is 0 Å². The van der Waals surface area contributed by atoms with E-state index in [0.29, 0.717) is 22.8 Å². The third kappa shape index (κ3) is 5.57. The number of anilines is 1. The highest BCUT2D eigenvalue weighted by molar-refractivity contribution is 6.03. The van der Waals surface area contributed by atoms with Crippen molar-refractivity contribution in [2.24, 2.45) is 0 Å². The second kappa shape index (κ2) is 10.2. The second-order valence-electron chi connectivity index (χ2n) is 10.2. The van der Waals surface area contributed by atoms with Gasteiger partial charge in [0.15, 0.2) is 5.76 Å². The molecule has 0 aliphatic heterocycles. The van der Waals surface area contributed by atoms with Crippen molar-refractivity contribution in [3.05, 3.63) is 84.0 Å². The molecule has 39 heavy (non-hydrogen) atoms. The third-order valence-corrected chi connectivity index (χ3v) is 5.98. The first kappa shape index (κ1) is 25.8. The largest absolute Gasteiger partial charge is 0.458 e. The molecule has 5 rings (SSSR count). The Morgan fingerprint density at radius 1 is 1.10 bits per heavy atom. The predicted molar refractivity (Wildman–Crippen MR) is 143 cm³/mol. The van der Waals surface area contributed by atoms with E-state index < -0.39 is 29.2 Å². The number of tetrazole rings is 1. The number of H-pyrrole nitrogens is 1. The minimum absolute atomic E-state index is 0.225. The van der Waals surface area contributed by atoms with Gasteiger partial charge in [0.1, 0.15) is 24.2 Å². The van der Waals surface area contributed by atoms with Gasteiger partial charge in [0.25, 0.3) is 5.91 Å². The lowest BCUT2D eigenvalue weighted by Crippen LogP contribution is -2.50. The maximum atomic E-state index is 14.0. The zero-order valence-electron chi connectivity index (χ0n) is 22.0. The Bertz CT molecular complexity index is 1630. The van der Waals surface area contributed by atoms with Gasteiger partial charge in [0, 0.05) is 33.9 Å². The van der Waals surface area contributed by atoms with Crippen LogP contribution in [0.2, 0.25) is 0 Å². The van der Waals surface area contributed by atoms with Gasteiger partial charge in [-0.2, -0.15) is 4.80 Å². The SMILES string of the molecule is Cc1ccc(-c2nnn(CC(=O)N(c3ccc(F)cc3)[C@@H](C(=O)NC(C)(C)C)c3c[nH]c4ccccc34)n2)o1. The Morgan fingerprint density at radius 3 is 2.54 bits per heavy atom. The fraction of sp³-hybridized carbons (Fsp3) is 0.250. The first-order chi connectivity index (χ1) is 18.6. The third-order valence-electron chi connectivity index (χ3n) is 5.98. The van der Waals surface area contributed by atoms with Gasteiger partial charge in [-0.05, 0) is 75.4 Å². The average molecular weight is 530 g/mol. The molecule has 0 saturated heterocycles. The molecule has 0 unspecified atom stereocenters. The van der Waals surface area contributed by atoms with Crippen LogP contribution >= 0.6 is 0 Å². The standard InChI is InChI=1S/C28H28FN7O3/c1-17-9-14-23(39-17)26-32-34-35(33-26)16-24(37)36(19-12-10-18(29)11-13-19)25(27(38)31-28(2,3)4)21-15-30-22-8-6-5-7-20(21)22/h5-15,25,30H,16H2,1-4H3,(H,31,38)/t25-/m1/s1. The van der Waals surface area contributed by atoms with Crippen LogP contribution in [0.4, 0.5) is 10.1 Å². The Labute approximate surface area is 223 Å². The molecule has 0 aliphatic carbocycles. The number of aromatic amines is 1. The molecule has 5 aromatic rings. The van der Waals surface area contributed by atoms with Gasteiger partial charge in [0.05, 0.1) is 0 Å². The van der Waals surface area contributed by atoms with Crippen molar-refractivity contribution in [2.45, 2.75) is 45.8 Å². The summed E-state index contributed by atoms with van der Waals surface area (Å²) in [5, 5.41) is 16.1. The van der Waals surface area contributed by atoms with Gasteiger partial charge in [0.2, 0.25) is 11.7 Å². The zero-order valence-corrected chi connectivity index (χ0v) is 22.0. The normalized spacial score (nSPS) is 12.4. The van der Waals surface area contributed by atoms with Crippen LogP contribution in [0.3, 0.4) is 0 Å². The van der Waals surface area contributed by atoms with E-state index in [0.717, 1.165) is 15.7 Å². The van der Waals surface area contributed by atoms with E-state index in [-0.39, 0.29) is 12.4 Å². The molecule has 3 aromatic heterocycles. The summed E-state index contributed by atoms with van der Waals surface area (Å²) in [5.74, 6) is -0.0361. The van der Waals surface area contributed by atoms with Crippen LogP contribution in [0.5, 0.6) is 0 Å². The lowest BCUT2D eigenvalue weighted by molar-refractivity contribution is -0.128. The van der Waals surface area contributed by atoms with Crippen molar-refractivity contribution >= 4 is 28.4 Å². The number of aryl methyl sites for hydroxylation is 1. The quantitative estimate of drug-likeness (QED) is 0.319. The lowest BCUT2D eigenvalue weighted by atomic mass is 10.00. The Hall–Kier alpha value is -4.80. The first-order valence-corrected chi connectivity index (χ1v) is 12.4. The van der Waals surface area contributed by atoms with Crippen LogP contribution in [0.25, 0.3) is 22.5 Å². The summed E-state index contributed by atoms with van der Waals surface area (Å²) in [6, 6.07) is 15.3. The van der Waals surface area contributed by atoms with Gasteiger partial charge in [-0.1, -0.05) is 18.2 Å². The highest BCUT2D eigenvalue weighted by Gasteiger charge is 2.36. The topological polar surface area (TPSA) is 122 Å². The molecular formula is C28H28FN7O3. The Kier molecular flexibility index (Phi) is 6.73. The maximum Gasteiger partial charge on any atom is 0.251 e. The number of nitrogens with zero attached hydrogens (tertiary/aromatic N) is 5. The molecule has 0 fully saturated rings. The monoisotopic (exact) mass is 529 g/mol. The lowest BCUT2D eigenvalue weighted by Gasteiger charge is -2.33. The van der Waals surface area contributed by atoms with E-state index in [9.17, 15) is 14.0 Å². The van der Waals surface area contributed by atoms with Gasteiger partial charge < -0.3 is 14.7 Å². The van der Waals surface area contributed by atoms with E-state index in [1.165, 1.54) is 29.2 Å². The molecule has 1 atom stereocenters. The van der Waals surface area contributed by atoms with Crippen molar-refractivity contribution in [2.75, 3.05) is 4.90 Å². The number of amides is 2. The summed E-state index contributed by atoms with van der Waals surface area (Å²) in [5.41, 5.74) is 1.15. The minimum atomic E-state index is -1.09. The molecule has 0 aliphatic rings. The van der Waals surface area contributed by atoms with Gasteiger partial charge in [-0.15, -0.1) is 10.2 Å². The summed E-state index contributed by atoms with van der Waals surface area (Å²) in [4.78, 5) is 33.5. The van der Waals surface area contributed by atoms with Crippen molar-refractivity contribution in [1.29, 1.82) is 0 Å². The van der Waals surface area contributed by atoms with Crippen molar-refractivity contribution in [1.82, 2.24) is 30.5 Å². The number of fused-ring (bicyclic) bond motifs is 1. The molecule has 11 heteroatoms. The number of hydrogen-bond acceptors (Lipinski definition) is 6. The molecule has 0 radical (unpaired) electrons. The fourth-order valence-corrected chi connectivity index (χ4v) is 4.36. The summed E-state index contributed by atoms with van der Waals surface area (Å²) >= 11 is 0. The number of nitrogens with one attached hydrogen (secondary N) is 2. The van der Waals surface area contributed by atoms with Crippen LogP contribution in [-0.2, 0) is 16.1 Å². The Balaban J connectivity index is 1.58. The smallest absolute Gasteiger partial charge is 0.251 e. The number of furan rings is 1. The number of aromatic nitrogens is 5. The average Bonchev–Trinajstić information content (AvgIpc) is 3.62. The molecule has 0 saturated carbocycles. The highest BCUT2D eigenvalue weighted by Crippen LogP contribution is 2.33. The van der Waals surface area contributed by atoms with Crippen molar-refractivity contribution in [3.8, 4) is 11.6 Å². The molecule has 0 bridgehead atoms. The number of rotatable bonds is 7. The van der Waals surface area contributed by atoms with E-state index in [4.69, 9.17) is 4.42 Å². The highest BCUT2D eigenvalue weighted by atomic mass is 19.1. The summed E-state index contributed by atoms with van der Waals surface area (Å²) in [7, 11) is 0. The van der Waals surface area contributed by atoms with Crippen LogP contribution in [-0.4, -0.2) is 42.5 Å². The van der Waals surface area contributed by atoms with Crippen LogP contribution in [0, 0.1) is 12.7 Å². The number of hydrogen-bond donors (Lipinski definition) is 2. The predicted octanol–water partition coefficient (Wildman–Crippen LogP) is 4.55. The van der Waals surface area contributed by atoms with E-state index >= 15 is 0 Å². The molecule has 2 amide bonds. The molecular weight excluding hydrogens is 501 g/mol. The fourth-order valence-electron chi connectivity index (χ4n) is 4.36. The van der Waals surface area contributed by atoms with E-state index in [2.05, 4.69) is 25.7 Å². The minimum Gasteiger partial charge on any atom is -0.458 e. The molecule has 10 nitrogen and oxygen atoms in total. The summed E-state index contributed by atoms with van der Waals surface area (Å²) < 4.78 is 19.5. The molecule has 2 N–H and O–H groups in total. The molecule has 3 heterocycles. The first-order valence-electron chi connectivity index (χ1n) is 12.4. The van der Waals surface area contributed by atoms with Crippen LogP contribution in [0.1, 0.15) is 38.1 Å². The summed E-state index contributed by atoms with van der Waals surface area (Å²) in [6.07, 6.45) is 1.71. The zero-order chi connectivity index (χ0) is 27.7. The molecule has 2 aromatic carbocycles. The number of benzene rings is 2. The van der Waals surface area contributed by atoms with Gasteiger partial charge in [-0.25, -0.2) is 4.39 Å². The molecule has 0 spiro atoms. The van der Waals surface area contributed by atoms with Crippen LogP contribution in [0.15, 0.2) is 71.3 Å². The summed E-state index contributed by atoms with van der Waals surface area (Å²) in [6.45, 7) is 7.05. The van der Waals surface area contributed by atoms with Crippen LogP contribution < -0.4 is 10.2 Å². The Morgan fingerprint density at radius 2 is 1.85 bits per heavy atom. The maximum absolute atomic E-state index is 14.0. The van der Waals surface area contributed by atoms with E-state index in [1.807, 2.05) is 45.0 Å². The van der Waals surface area contributed by atoms with Gasteiger partial charge in [-0.3, -0.25) is 14.5 Å². The molecule has 200 valence electrons. The number of carbonyl (C=O) groups is 2. The second-order valence-corrected chi connectivity index (χ2v) is 10.2. The van der Waals surface area contributed by atoms with Crippen molar-refractivity contribution < 1.29 is 18.4 Å². The number of halogens is 1.